The zero-order chi connectivity index (χ0) is 13.4. The van der Waals surface area contributed by atoms with Gasteiger partial charge in [0.05, 0.1) is 18.4 Å². The fraction of sp³-hybridized carbons (Fsp3) is 0.167. The third kappa shape index (κ3) is 1.95. The van der Waals surface area contributed by atoms with Crippen LogP contribution < -0.4 is 11.3 Å². The highest BCUT2D eigenvalue weighted by Crippen LogP contribution is 2.05. The van der Waals surface area contributed by atoms with E-state index >= 15 is 0 Å². The molecule has 3 aromatic heterocycles. The summed E-state index contributed by atoms with van der Waals surface area (Å²) >= 11 is 0. The molecule has 0 saturated heterocycles. The molecule has 0 saturated carbocycles. The second kappa shape index (κ2) is 4.20. The van der Waals surface area contributed by atoms with Crippen LogP contribution in [0.15, 0.2) is 35.5 Å². The van der Waals surface area contributed by atoms with Crippen LogP contribution in [0.3, 0.4) is 0 Å². The summed E-state index contributed by atoms with van der Waals surface area (Å²) in [5.41, 5.74) is 6.77. The minimum absolute atomic E-state index is 0.137. The molecule has 0 aliphatic heterocycles. The first-order valence-electron chi connectivity index (χ1n) is 5.74. The van der Waals surface area contributed by atoms with E-state index in [-0.39, 0.29) is 5.56 Å². The Morgan fingerprint density at radius 2 is 2.21 bits per heavy atom. The van der Waals surface area contributed by atoms with Gasteiger partial charge < -0.3 is 5.73 Å². The number of hydrogen-bond acceptors (Lipinski definition) is 5. The van der Waals surface area contributed by atoms with Crippen molar-refractivity contribution >= 4 is 16.9 Å². The van der Waals surface area contributed by atoms with E-state index in [2.05, 4.69) is 15.1 Å². The molecule has 3 heterocycles. The molecule has 0 radical (unpaired) electrons. The van der Waals surface area contributed by atoms with E-state index in [1.807, 2.05) is 6.07 Å². The fourth-order valence-corrected chi connectivity index (χ4v) is 1.94. The quantitative estimate of drug-likeness (QED) is 0.705. The van der Waals surface area contributed by atoms with Crippen LogP contribution in [0.5, 0.6) is 0 Å². The average molecular weight is 256 g/mol. The van der Waals surface area contributed by atoms with E-state index in [9.17, 15) is 4.79 Å². The van der Waals surface area contributed by atoms with Crippen LogP contribution in [0.1, 0.15) is 5.69 Å². The lowest BCUT2D eigenvalue weighted by atomic mass is 10.3. The highest BCUT2D eigenvalue weighted by atomic mass is 16.1. The van der Waals surface area contributed by atoms with E-state index in [1.165, 1.54) is 17.1 Å². The molecule has 0 aliphatic carbocycles. The smallest absolute Gasteiger partial charge is 0.264 e. The predicted octanol–water partition coefficient (Wildman–Crippen LogP) is 0.155. The van der Waals surface area contributed by atoms with Gasteiger partial charge in [-0.05, 0) is 12.1 Å². The summed E-state index contributed by atoms with van der Waals surface area (Å²) in [5, 5.41) is 4.52. The van der Waals surface area contributed by atoms with Crippen molar-refractivity contribution in [3.05, 3.63) is 46.8 Å². The Morgan fingerprint density at radius 3 is 3.00 bits per heavy atom. The minimum atomic E-state index is -0.137. The van der Waals surface area contributed by atoms with Crippen LogP contribution in [0, 0.1) is 0 Å². The number of nitrogens with zero attached hydrogens (tertiary/aromatic N) is 5. The molecule has 0 atom stereocenters. The molecular formula is C12H12N6O. The normalized spacial score (nSPS) is 11.0. The molecule has 0 fully saturated rings. The van der Waals surface area contributed by atoms with Crippen molar-refractivity contribution in [3.8, 4) is 0 Å². The summed E-state index contributed by atoms with van der Waals surface area (Å²) in [6, 6.07) is 5.32. The summed E-state index contributed by atoms with van der Waals surface area (Å²) in [5.74, 6) is 0.431. The highest BCUT2D eigenvalue weighted by Gasteiger charge is 2.08. The van der Waals surface area contributed by atoms with Gasteiger partial charge in [-0.2, -0.15) is 5.10 Å². The van der Waals surface area contributed by atoms with Crippen molar-refractivity contribution in [1.82, 2.24) is 24.3 Å². The second-order valence-corrected chi connectivity index (χ2v) is 4.24. The van der Waals surface area contributed by atoms with E-state index in [4.69, 9.17) is 5.73 Å². The van der Waals surface area contributed by atoms with E-state index < -0.39 is 0 Å². The number of pyridine rings is 1. The van der Waals surface area contributed by atoms with Crippen LogP contribution in [-0.4, -0.2) is 24.3 Å². The van der Waals surface area contributed by atoms with Crippen LogP contribution >= 0.6 is 0 Å². The molecule has 2 N–H and O–H groups in total. The predicted molar refractivity (Wildman–Crippen MR) is 70.5 cm³/mol. The molecular weight excluding hydrogens is 244 g/mol. The Bertz CT molecular complexity index is 803. The van der Waals surface area contributed by atoms with Crippen molar-refractivity contribution in [3.63, 3.8) is 0 Å². The number of fused-ring (bicyclic) bond motifs is 1. The van der Waals surface area contributed by atoms with E-state index in [0.717, 1.165) is 0 Å². The highest BCUT2D eigenvalue weighted by molar-refractivity contribution is 5.72. The molecule has 7 heteroatoms. The van der Waals surface area contributed by atoms with Crippen molar-refractivity contribution in [2.45, 2.75) is 6.54 Å². The van der Waals surface area contributed by atoms with Crippen LogP contribution in [0.4, 0.5) is 5.82 Å². The molecule has 0 bridgehead atoms. The Hall–Kier alpha value is -2.70. The van der Waals surface area contributed by atoms with Gasteiger partial charge in [-0.1, -0.05) is 6.07 Å². The van der Waals surface area contributed by atoms with Crippen molar-refractivity contribution in [1.29, 1.82) is 0 Å². The first kappa shape index (κ1) is 11.4. The monoisotopic (exact) mass is 256 g/mol. The standard InChI is InChI=1S/C12H12N6O/c1-17-11-9(5-15-17)12(19)18(7-14-11)6-8-3-2-4-10(13)16-8/h2-5,7H,6H2,1H3,(H2,13,16). The van der Waals surface area contributed by atoms with Gasteiger partial charge in [-0.15, -0.1) is 0 Å². The van der Waals surface area contributed by atoms with Crippen molar-refractivity contribution in [2.24, 2.45) is 7.05 Å². The lowest BCUT2D eigenvalue weighted by molar-refractivity contribution is 0.723. The molecule has 0 amide bonds. The molecule has 0 spiro atoms. The summed E-state index contributed by atoms with van der Waals surface area (Å²) in [7, 11) is 1.75. The summed E-state index contributed by atoms with van der Waals surface area (Å²) in [6.07, 6.45) is 3.02. The summed E-state index contributed by atoms with van der Waals surface area (Å²) in [4.78, 5) is 20.6. The molecule has 3 aromatic rings. The fourth-order valence-electron chi connectivity index (χ4n) is 1.94. The zero-order valence-electron chi connectivity index (χ0n) is 10.3. The Balaban J connectivity index is 2.06. The number of aryl methyl sites for hydroxylation is 1. The SMILES string of the molecule is Cn1ncc2c(=O)n(Cc3cccc(N)n3)cnc21. The van der Waals surface area contributed by atoms with Gasteiger partial charge in [0.2, 0.25) is 0 Å². The maximum absolute atomic E-state index is 12.2. The summed E-state index contributed by atoms with van der Waals surface area (Å²) in [6.45, 7) is 0.335. The molecule has 3 rings (SSSR count). The molecule has 96 valence electrons. The topological polar surface area (TPSA) is 91.6 Å². The van der Waals surface area contributed by atoms with Gasteiger partial charge in [0, 0.05) is 7.05 Å². The van der Waals surface area contributed by atoms with Crippen LogP contribution in [0.25, 0.3) is 11.0 Å². The number of anilines is 1. The van der Waals surface area contributed by atoms with Crippen LogP contribution in [0.2, 0.25) is 0 Å². The van der Waals surface area contributed by atoms with Gasteiger partial charge in [-0.3, -0.25) is 14.0 Å². The average Bonchev–Trinajstić information content (AvgIpc) is 2.76. The number of aromatic nitrogens is 5. The Morgan fingerprint density at radius 1 is 1.37 bits per heavy atom. The van der Waals surface area contributed by atoms with Gasteiger partial charge in [0.1, 0.15) is 17.5 Å². The Labute approximate surface area is 108 Å². The maximum atomic E-state index is 12.2. The van der Waals surface area contributed by atoms with E-state index in [0.29, 0.717) is 29.1 Å². The molecule has 19 heavy (non-hydrogen) atoms. The lowest BCUT2D eigenvalue weighted by Gasteiger charge is -2.05. The molecule has 0 unspecified atom stereocenters. The molecule has 0 aliphatic rings. The number of nitrogen functional groups attached to an aromatic ring is 1. The maximum Gasteiger partial charge on any atom is 0.264 e. The van der Waals surface area contributed by atoms with Crippen LogP contribution in [-0.2, 0) is 13.6 Å². The number of rotatable bonds is 2. The third-order valence-electron chi connectivity index (χ3n) is 2.88. The van der Waals surface area contributed by atoms with Gasteiger partial charge in [0.15, 0.2) is 5.65 Å². The second-order valence-electron chi connectivity index (χ2n) is 4.24. The zero-order valence-corrected chi connectivity index (χ0v) is 10.3. The first-order valence-corrected chi connectivity index (χ1v) is 5.74. The first-order chi connectivity index (χ1) is 9.15. The molecule has 7 nitrogen and oxygen atoms in total. The van der Waals surface area contributed by atoms with Gasteiger partial charge in [-0.25, -0.2) is 9.97 Å². The lowest BCUT2D eigenvalue weighted by Crippen LogP contribution is -2.21. The molecule has 0 aromatic carbocycles. The van der Waals surface area contributed by atoms with Crippen molar-refractivity contribution < 1.29 is 0 Å². The number of hydrogen-bond donors (Lipinski definition) is 1. The van der Waals surface area contributed by atoms with Gasteiger partial charge >= 0.3 is 0 Å². The third-order valence-corrected chi connectivity index (χ3v) is 2.88. The van der Waals surface area contributed by atoms with E-state index in [1.54, 1.807) is 23.9 Å². The number of nitrogens with two attached hydrogens (primary N) is 1. The minimum Gasteiger partial charge on any atom is -0.384 e. The largest absolute Gasteiger partial charge is 0.384 e. The van der Waals surface area contributed by atoms with Crippen molar-refractivity contribution in [2.75, 3.05) is 5.73 Å². The summed E-state index contributed by atoms with van der Waals surface area (Å²) < 4.78 is 3.06. The van der Waals surface area contributed by atoms with Gasteiger partial charge in [0.25, 0.3) is 5.56 Å². The Kier molecular flexibility index (Phi) is 2.52.